The highest BCUT2D eigenvalue weighted by atomic mass is 19.4. The summed E-state index contributed by atoms with van der Waals surface area (Å²) in [6.07, 6.45) is 0.902. The van der Waals surface area contributed by atoms with Crippen LogP contribution in [-0.2, 0) is 10.9 Å². The van der Waals surface area contributed by atoms with E-state index in [1.54, 1.807) is 16.9 Å². The highest BCUT2D eigenvalue weighted by Gasteiger charge is 2.31. The summed E-state index contributed by atoms with van der Waals surface area (Å²) in [7, 11) is 0. The van der Waals surface area contributed by atoms with Crippen molar-refractivity contribution in [1.29, 1.82) is 0 Å². The molecule has 0 amide bonds. The van der Waals surface area contributed by atoms with Crippen LogP contribution in [0.5, 0.6) is 0 Å². The molecule has 1 aliphatic rings. The van der Waals surface area contributed by atoms with E-state index in [4.69, 9.17) is 4.74 Å². The fourth-order valence-electron chi connectivity index (χ4n) is 2.41. The van der Waals surface area contributed by atoms with Gasteiger partial charge in [-0.25, -0.2) is 4.68 Å². The number of alkyl halides is 3. The molecule has 112 valence electrons. The van der Waals surface area contributed by atoms with Gasteiger partial charge < -0.3 is 4.74 Å². The normalized spacial score (nSPS) is 19.7. The summed E-state index contributed by atoms with van der Waals surface area (Å²) in [5, 5.41) is 4.18. The summed E-state index contributed by atoms with van der Waals surface area (Å²) in [5.74, 6) is 0. The predicted octanol–water partition coefficient (Wildman–Crippen LogP) is 3.66. The Morgan fingerprint density at radius 3 is 2.76 bits per heavy atom. The maximum Gasteiger partial charge on any atom is 0.416 e. The number of ether oxygens (including phenoxy) is 1. The lowest BCUT2D eigenvalue weighted by Crippen LogP contribution is -2.20. The van der Waals surface area contributed by atoms with E-state index in [0.29, 0.717) is 12.3 Å². The summed E-state index contributed by atoms with van der Waals surface area (Å²) < 4.78 is 45.6. The van der Waals surface area contributed by atoms with Crippen molar-refractivity contribution < 1.29 is 17.9 Å². The third kappa shape index (κ3) is 2.92. The summed E-state index contributed by atoms with van der Waals surface area (Å²) in [6.45, 7) is 0.639. The summed E-state index contributed by atoms with van der Waals surface area (Å²) in [6, 6.07) is 3.65. The van der Waals surface area contributed by atoms with E-state index in [2.05, 4.69) is 10.1 Å². The molecule has 0 aromatic carbocycles. The van der Waals surface area contributed by atoms with Gasteiger partial charge in [0.15, 0.2) is 6.23 Å². The van der Waals surface area contributed by atoms with Crippen LogP contribution in [0.4, 0.5) is 13.2 Å². The van der Waals surface area contributed by atoms with E-state index in [9.17, 15) is 13.2 Å². The van der Waals surface area contributed by atoms with E-state index in [1.165, 1.54) is 0 Å². The fourth-order valence-corrected chi connectivity index (χ4v) is 2.41. The molecule has 1 unspecified atom stereocenters. The Bertz CT molecular complexity index is 618. The molecule has 0 aliphatic carbocycles. The highest BCUT2D eigenvalue weighted by Crippen LogP contribution is 2.32. The summed E-state index contributed by atoms with van der Waals surface area (Å²) in [5.41, 5.74) is 0.0642. The molecule has 3 heterocycles. The SMILES string of the molecule is FC(F)(F)c1ccnc(-c2ccnn2C2CCCCO2)c1. The minimum absolute atomic E-state index is 0.236. The van der Waals surface area contributed by atoms with Gasteiger partial charge in [-0.2, -0.15) is 18.3 Å². The third-order valence-corrected chi connectivity index (χ3v) is 3.45. The van der Waals surface area contributed by atoms with Crippen LogP contribution in [0.15, 0.2) is 30.6 Å². The minimum Gasteiger partial charge on any atom is -0.356 e. The van der Waals surface area contributed by atoms with Gasteiger partial charge in [-0.1, -0.05) is 0 Å². The molecule has 1 atom stereocenters. The standard InChI is InChI=1S/C14H14F3N3O/c15-14(16,17)10-4-6-18-11(9-10)12-5-7-19-20(12)13-3-1-2-8-21-13/h4-7,9,13H,1-3,8H2. The number of hydrogen-bond donors (Lipinski definition) is 0. The first-order chi connectivity index (χ1) is 10.1. The van der Waals surface area contributed by atoms with Crippen molar-refractivity contribution in [2.75, 3.05) is 6.61 Å². The van der Waals surface area contributed by atoms with Crippen molar-refractivity contribution in [3.8, 4) is 11.4 Å². The number of hydrogen-bond acceptors (Lipinski definition) is 3. The van der Waals surface area contributed by atoms with E-state index in [1.807, 2.05) is 0 Å². The molecular weight excluding hydrogens is 283 g/mol. The predicted molar refractivity (Wildman–Crippen MR) is 69.3 cm³/mol. The maximum atomic E-state index is 12.8. The Kier molecular flexibility index (Phi) is 3.67. The van der Waals surface area contributed by atoms with Gasteiger partial charge in [0.2, 0.25) is 0 Å². The number of nitrogens with zero attached hydrogens (tertiary/aromatic N) is 3. The highest BCUT2D eigenvalue weighted by molar-refractivity contribution is 5.55. The van der Waals surface area contributed by atoms with Crippen LogP contribution in [0, 0.1) is 0 Å². The molecule has 1 saturated heterocycles. The summed E-state index contributed by atoms with van der Waals surface area (Å²) >= 11 is 0. The Balaban J connectivity index is 1.96. The van der Waals surface area contributed by atoms with Crippen LogP contribution in [0.25, 0.3) is 11.4 Å². The summed E-state index contributed by atoms with van der Waals surface area (Å²) in [4.78, 5) is 4.03. The first-order valence-electron chi connectivity index (χ1n) is 6.74. The number of rotatable bonds is 2. The fraction of sp³-hybridized carbons (Fsp3) is 0.429. The Hall–Kier alpha value is -1.89. The minimum atomic E-state index is -4.39. The van der Waals surface area contributed by atoms with Crippen LogP contribution in [-0.4, -0.2) is 21.4 Å². The molecule has 2 aromatic heterocycles. The van der Waals surface area contributed by atoms with Crippen LogP contribution >= 0.6 is 0 Å². The van der Waals surface area contributed by atoms with Gasteiger partial charge in [-0.3, -0.25) is 4.98 Å². The second-order valence-electron chi connectivity index (χ2n) is 4.91. The second kappa shape index (κ2) is 5.48. The van der Waals surface area contributed by atoms with Crippen LogP contribution in [0.2, 0.25) is 0 Å². The molecule has 7 heteroatoms. The van der Waals surface area contributed by atoms with Crippen molar-refractivity contribution in [2.24, 2.45) is 0 Å². The van der Waals surface area contributed by atoms with E-state index < -0.39 is 11.7 Å². The average Bonchev–Trinajstić information content (AvgIpc) is 2.97. The lowest BCUT2D eigenvalue weighted by Gasteiger charge is -2.24. The van der Waals surface area contributed by atoms with Crippen molar-refractivity contribution in [2.45, 2.75) is 31.7 Å². The van der Waals surface area contributed by atoms with Crippen molar-refractivity contribution in [3.63, 3.8) is 0 Å². The van der Waals surface area contributed by atoms with Crippen LogP contribution in [0.3, 0.4) is 0 Å². The molecular formula is C14H14F3N3O. The van der Waals surface area contributed by atoms with Gasteiger partial charge in [0.1, 0.15) is 0 Å². The smallest absolute Gasteiger partial charge is 0.356 e. The first-order valence-corrected chi connectivity index (χ1v) is 6.74. The molecule has 4 nitrogen and oxygen atoms in total. The zero-order chi connectivity index (χ0) is 14.9. The van der Waals surface area contributed by atoms with Gasteiger partial charge in [0.25, 0.3) is 0 Å². The molecule has 21 heavy (non-hydrogen) atoms. The molecule has 2 aromatic rings. The topological polar surface area (TPSA) is 39.9 Å². The molecule has 1 fully saturated rings. The Morgan fingerprint density at radius 2 is 2.05 bits per heavy atom. The molecule has 0 radical (unpaired) electrons. The molecule has 0 bridgehead atoms. The van der Waals surface area contributed by atoms with Crippen LogP contribution in [0.1, 0.15) is 31.1 Å². The van der Waals surface area contributed by atoms with Crippen molar-refractivity contribution >= 4 is 0 Å². The molecule has 3 rings (SSSR count). The van der Waals surface area contributed by atoms with Crippen molar-refractivity contribution in [3.05, 3.63) is 36.2 Å². The lowest BCUT2D eigenvalue weighted by atomic mass is 10.1. The molecule has 0 N–H and O–H groups in total. The molecule has 0 spiro atoms. The lowest BCUT2D eigenvalue weighted by molar-refractivity contribution is -0.137. The third-order valence-electron chi connectivity index (χ3n) is 3.45. The van der Waals surface area contributed by atoms with E-state index >= 15 is 0 Å². The zero-order valence-corrected chi connectivity index (χ0v) is 11.2. The number of aromatic nitrogens is 3. The van der Waals surface area contributed by atoms with Gasteiger partial charge in [-0.15, -0.1) is 0 Å². The van der Waals surface area contributed by atoms with Gasteiger partial charge in [0.05, 0.1) is 17.0 Å². The number of halogens is 3. The first kappa shape index (κ1) is 14.1. The average molecular weight is 297 g/mol. The van der Waals surface area contributed by atoms with Crippen LogP contribution < -0.4 is 0 Å². The van der Waals surface area contributed by atoms with Gasteiger partial charge in [-0.05, 0) is 37.5 Å². The molecule has 1 aliphatic heterocycles. The Labute approximate surface area is 119 Å². The zero-order valence-electron chi connectivity index (χ0n) is 11.2. The Morgan fingerprint density at radius 1 is 1.19 bits per heavy atom. The van der Waals surface area contributed by atoms with Crippen molar-refractivity contribution in [1.82, 2.24) is 14.8 Å². The number of pyridine rings is 1. The maximum absolute atomic E-state index is 12.8. The van der Waals surface area contributed by atoms with Gasteiger partial charge >= 0.3 is 6.18 Å². The van der Waals surface area contributed by atoms with E-state index in [-0.39, 0.29) is 11.9 Å². The monoisotopic (exact) mass is 297 g/mol. The van der Waals surface area contributed by atoms with Gasteiger partial charge in [0, 0.05) is 19.0 Å². The largest absolute Gasteiger partial charge is 0.416 e. The quantitative estimate of drug-likeness (QED) is 0.849. The molecule has 0 saturated carbocycles. The van der Waals surface area contributed by atoms with E-state index in [0.717, 1.165) is 37.6 Å². The second-order valence-corrected chi connectivity index (χ2v) is 4.91.